The maximum absolute atomic E-state index is 11.6. The van der Waals surface area contributed by atoms with Crippen molar-refractivity contribution in [1.82, 2.24) is 9.78 Å². The molecule has 150 valence electrons. The fraction of sp³-hybridized carbons (Fsp3) is 0.389. The maximum Gasteiger partial charge on any atom is 0.346 e. The number of ether oxygens (including phenoxy) is 3. The summed E-state index contributed by atoms with van der Waals surface area (Å²) >= 11 is 12.4. The second-order valence-corrected chi connectivity index (χ2v) is 7.16. The number of aryl methyl sites for hydroxylation is 1. The summed E-state index contributed by atoms with van der Waals surface area (Å²) in [7, 11) is 2.99. The van der Waals surface area contributed by atoms with Crippen molar-refractivity contribution in [1.29, 1.82) is 0 Å². The zero-order valence-corrected chi connectivity index (χ0v) is 17.0. The molecule has 1 aromatic carbocycles. The highest BCUT2D eigenvalue weighted by Gasteiger charge is 2.32. The van der Waals surface area contributed by atoms with Crippen molar-refractivity contribution in [3.8, 4) is 17.4 Å². The minimum atomic E-state index is -0.869. The van der Waals surface area contributed by atoms with Crippen molar-refractivity contribution in [3.63, 3.8) is 0 Å². The molecule has 0 saturated heterocycles. The third kappa shape index (κ3) is 4.18. The number of aromatic nitrogens is 2. The van der Waals surface area contributed by atoms with E-state index in [0.717, 1.165) is 18.5 Å². The summed E-state index contributed by atoms with van der Waals surface area (Å²) in [5.41, 5.74) is 1.38. The van der Waals surface area contributed by atoms with Gasteiger partial charge in [-0.05, 0) is 25.8 Å². The third-order valence-electron chi connectivity index (χ3n) is 4.24. The van der Waals surface area contributed by atoms with E-state index in [-0.39, 0.29) is 21.5 Å². The molecule has 1 fully saturated rings. The van der Waals surface area contributed by atoms with E-state index in [1.54, 1.807) is 11.7 Å². The molecule has 1 aliphatic rings. The molecule has 1 N–H and O–H groups in total. The lowest BCUT2D eigenvalue weighted by Crippen LogP contribution is -2.25. The molecule has 1 aliphatic carbocycles. The van der Waals surface area contributed by atoms with Gasteiger partial charge in [-0.2, -0.15) is 5.10 Å². The van der Waals surface area contributed by atoms with Crippen molar-refractivity contribution >= 4 is 35.4 Å². The Bertz CT molecular complexity index is 924. The van der Waals surface area contributed by atoms with Gasteiger partial charge in [-0.25, -0.2) is 9.48 Å². The van der Waals surface area contributed by atoms with Gasteiger partial charge in [0, 0.05) is 19.0 Å². The topological polar surface area (TPSA) is 95.2 Å². The Hall–Kier alpha value is -2.45. The van der Waals surface area contributed by atoms with Crippen LogP contribution in [0.5, 0.6) is 17.4 Å². The SMILES string of the molecule is COC(=O)[C@H](C)Oc1cc(Oc2c(C=NO)c(C3CC3)nn2C)c(Cl)cc1Cl. The first-order chi connectivity index (χ1) is 13.3. The van der Waals surface area contributed by atoms with Crippen molar-refractivity contribution in [2.75, 3.05) is 7.11 Å². The van der Waals surface area contributed by atoms with Gasteiger partial charge in [-0.15, -0.1) is 0 Å². The molecular weight excluding hydrogens is 409 g/mol. The van der Waals surface area contributed by atoms with E-state index in [1.165, 1.54) is 32.4 Å². The zero-order valence-electron chi connectivity index (χ0n) is 15.5. The quantitative estimate of drug-likeness (QED) is 0.308. The van der Waals surface area contributed by atoms with Gasteiger partial charge >= 0.3 is 5.97 Å². The van der Waals surface area contributed by atoms with Crippen LogP contribution in [-0.2, 0) is 16.6 Å². The fourth-order valence-electron chi connectivity index (χ4n) is 2.69. The number of carbonyl (C=O) groups is 1. The predicted octanol–water partition coefficient (Wildman–Crippen LogP) is 4.15. The number of nitrogens with zero attached hydrogens (tertiary/aromatic N) is 3. The lowest BCUT2D eigenvalue weighted by atomic mass is 10.2. The highest BCUT2D eigenvalue weighted by Crippen LogP contribution is 2.44. The van der Waals surface area contributed by atoms with E-state index < -0.39 is 12.1 Å². The molecule has 8 nitrogen and oxygen atoms in total. The fourth-order valence-corrected chi connectivity index (χ4v) is 3.16. The van der Waals surface area contributed by atoms with Crippen molar-refractivity contribution in [2.24, 2.45) is 12.2 Å². The summed E-state index contributed by atoms with van der Waals surface area (Å²) in [6, 6.07) is 2.93. The first kappa shape index (κ1) is 20.3. The summed E-state index contributed by atoms with van der Waals surface area (Å²) in [4.78, 5) is 11.6. The number of hydrogen-bond acceptors (Lipinski definition) is 7. The first-order valence-corrected chi connectivity index (χ1v) is 9.27. The van der Waals surface area contributed by atoms with Gasteiger partial charge in [-0.1, -0.05) is 28.4 Å². The number of halogens is 2. The van der Waals surface area contributed by atoms with Crippen molar-refractivity contribution < 1.29 is 24.2 Å². The zero-order chi connectivity index (χ0) is 20.4. The Balaban J connectivity index is 1.94. The molecule has 2 aromatic rings. The lowest BCUT2D eigenvalue weighted by molar-refractivity contribution is -0.147. The summed E-state index contributed by atoms with van der Waals surface area (Å²) in [6.45, 7) is 1.54. The Kier molecular flexibility index (Phi) is 6.00. The van der Waals surface area contributed by atoms with E-state index in [0.29, 0.717) is 17.4 Å². The van der Waals surface area contributed by atoms with E-state index in [4.69, 9.17) is 37.9 Å². The number of benzene rings is 1. The minimum absolute atomic E-state index is 0.209. The summed E-state index contributed by atoms with van der Waals surface area (Å²) in [5.74, 6) is 0.584. The van der Waals surface area contributed by atoms with Gasteiger partial charge in [0.15, 0.2) is 11.9 Å². The first-order valence-electron chi connectivity index (χ1n) is 8.51. The molecule has 0 bridgehead atoms. The van der Waals surface area contributed by atoms with Crippen LogP contribution in [0.25, 0.3) is 0 Å². The molecule has 0 spiro atoms. The normalized spacial score (nSPS) is 14.9. The van der Waals surface area contributed by atoms with Gasteiger partial charge < -0.3 is 19.4 Å². The van der Waals surface area contributed by atoms with Crippen LogP contribution in [0.1, 0.15) is 36.9 Å². The number of esters is 1. The number of rotatable bonds is 7. The van der Waals surface area contributed by atoms with E-state index >= 15 is 0 Å². The highest BCUT2D eigenvalue weighted by atomic mass is 35.5. The van der Waals surface area contributed by atoms with Gasteiger partial charge in [0.05, 0.1) is 34.6 Å². The molecule has 1 aromatic heterocycles. The Labute approximate surface area is 171 Å². The van der Waals surface area contributed by atoms with Crippen LogP contribution in [0.2, 0.25) is 10.0 Å². The molecule has 1 heterocycles. The molecule has 1 atom stereocenters. The van der Waals surface area contributed by atoms with Crippen molar-refractivity contribution in [2.45, 2.75) is 31.8 Å². The van der Waals surface area contributed by atoms with Gasteiger partial charge in [-0.3, -0.25) is 0 Å². The molecule has 0 aliphatic heterocycles. The van der Waals surface area contributed by atoms with E-state index in [9.17, 15) is 4.79 Å². The summed E-state index contributed by atoms with van der Waals surface area (Å²) in [5, 5.41) is 17.1. The molecule has 0 unspecified atom stereocenters. The van der Waals surface area contributed by atoms with Crippen LogP contribution in [0, 0.1) is 0 Å². The van der Waals surface area contributed by atoms with Crippen LogP contribution in [0.3, 0.4) is 0 Å². The second kappa shape index (κ2) is 8.28. The van der Waals surface area contributed by atoms with Gasteiger partial charge in [0.2, 0.25) is 5.88 Å². The largest absolute Gasteiger partial charge is 0.477 e. The number of oxime groups is 1. The molecule has 1 saturated carbocycles. The molecule has 10 heteroatoms. The second-order valence-electron chi connectivity index (χ2n) is 6.34. The number of hydrogen-bond donors (Lipinski definition) is 1. The smallest absolute Gasteiger partial charge is 0.346 e. The van der Waals surface area contributed by atoms with Crippen LogP contribution in [0.4, 0.5) is 0 Å². The van der Waals surface area contributed by atoms with Crippen LogP contribution in [0.15, 0.2) is 17.3 Å². The third-order valence-corrected chi connectivity index (χ3v) is 4.83. The molecule has 3 rings (SSSR count). The number of methoxy groups -OCH3 is 1. The average Bonchev–Trinajstić information content (AvgIpc) is 3.45. The molecular formula is C18H19Cl2N3O5. The summed E-state index contributed by atoms with van der Waals surface area (Å²) < 4.78 is 17.7. The lowest BCUT2D eigenvalue weighted by Gasteiger charge is -2.16. The standard InChI is InChI=1S/C18H19Cl2N3O5/c1-9(18(24)26-3)27-14-7-15(13(20)6-12(14)19)28-17-11(8-21-25)16(10-4-5-10)22-23(17)2/h6-10,25H,4-5H2,1-3H3/t9-/m0/s1. The Morgan fingerprint density at radius 1 is 1.36 bits per heavy atom. The van der Waals surface area contributed by atoms with Crippen molar-refractivity contribution in [3.05, 3.63) is 33.4 Å². The molecule has 28 heavy (non-hydrogen) atoms. The number of carbonyl (C=O) groups excluding carboxylic acids is 1. The minimum Gasteiger partial charge on any atom is -0.477 e. The monoisotopic (exact) mass is 427 g/mol. The molecule has 0 radical (unpaired) electrons. The predicted molar refractivity (Wildman–Crippen MR) is 103 cm³/mol. The molecule has 0 amide bonds. The van der Waals surface area contributed by atoms with E-state index in [1.807, 2.05) is 0 Å². The van der Waals surface area contributed by atoms with Gasteiger partial charge in [0.25, 0.3) is 0 Å². The Morgan fingerprint density at radius 3 is 2.64 bits per heavy atom. The maximum atomic E-state index is 11.6. The van der Waals surface area contributed by atoms with E-state index in [2.05, 4.69) is 15.0 Å². The van der Waals surface area contributed by atoms with Crippen LogP contribution < -0.4 is 9.47 Å². The average molecular weight is 428 g/mol. The highest BCUT2D eigenvalue weighted by molar-refractivity contribution is 6.36. The van der Waals surface area contributed by atoms with Crippen LogP contribution in [-0.4, -0.2) is 40.4 Å². The van der Waals surface area contributed by atoms with Crippen LogP contribution >= 0.6 is 23.2 Å². The Morgan fingerprint density at radius 2 is 2.04 bits per heavy atom. The summed E-state index contributed by atoms with van der Waals surface area (Å²) in [6.07, 6.45) is 2.46. The van der Waals surface area contributed by atoms with Gasteiger partial charge in [0.1, 0.15) is 5.75 Å².